The van der Waals surface area contributed by atoms with Crippen LogP contribution >= 0.6 is 0 Å². The van der Waals surface area contributed by atoms with Crippen LogP contribution in [0.15, 0.2) is 120 Å². The highest BCUT2D eigenvalue weighted by Gasteiger charge is 2.29. The molecule has 4 aromatic carbocycles. The molecule has 0 bridgehead atoms. The fraction of sp³-hybridized carbons (Fsp3) is 0.107. The van der Waals surface area contributed by atoms with Gasteiger partial charge in [0.2, 0.25) is 0 Å². The fourth-order valence-corrected chi connectivity index (χ4v) is 5.27. The standard InChI is InChI=1S/C28H26N2O3S/c1-29(21-23-13-5-2-6-14-23)28(31)26-19-11-12-20-27(26)30(22-24-15-7-3-8-16-24)34(32,33)25-17-9-4-10-18-25/h2-20H,21-22H2,1H3. The van der Waals surface area contributed by atoms with Gasteiger partial charge in [-0.15, -0.1) is 0 Å². The van der Waals surface area contributed by atoms with Gasteiger partial charge in [0.25, 0.3) is 15.9 Å². The summed E-state index contributed by atoms with van der Waals surface area (Å²) in [6.07, 6.45) is 0. The zero-order chi connectivity index (χ0) is 24.0. The maximum Gasteiger partial charge on any atom is 0.264 e. The number of para-hydroxylation sites is 1. The van der Waals surface area contributed by atoms with E-state index in [-0.39, 0.29) is 17.3 Å². The Morgan fingerprint density at radius 3 is 1.71 bits per heavy atom. The molecule has 1 amide bonds. The minimum absolute atomic E-state index is 0.102. The number of hydrogen-bond acceptors (Lipinski definition) is 3. The molecule has 0 spiro atoms. The molecule has 0 aliphatic carbocycles. The van der Waals surface area contributed by atoms with Crippen LogP contribution in [-0.2, 0) is 23.1 Å². The molecule has 0 atom stereocenters. The highest BCUT2D eigenvalue weighted by atomic mass is 32.2. The molecule has 0 heterocycles. The van der Waals surface area contributed by atoms with Crippen LogP contribution in [0.25, 0.3) is 0 Å². The molecule has 0 aromatic heterocycles. The van der Waals surface area contributed by atoms with Crippen molar-refractivity contribution in [3.05, 3.63) is 132 Å². The SMILES string of the molecule is CN(Cc1ccccc1)C(=O)c1ccccc1N(Cc1ccccc1)S(=O)(=O)c1ccccc1. The lowest BCUT2D eigenvalue weighted by Gasteiger charge is -2.28. The highest BCUT2D eigenvalue weighted by Crippen LogP contribution is 2.30. The third kappa shape index (κ3) is 5.18. The van der Waals surface area contributed by atoms with Crippen molar-refractivity contribution in [1.29, 1.82) is 0 Å². The number of hydrogen-bond donors (Lipinski definition) is 0. The first kappa shape index (κ1) is 23.3. The Bertz CT molecular complexity index is 1340. The zero-order valence-electron chi connectivity index (χ0n) is 18.9. The molecule has 34 heavy (non-hydrogen) atoms. The molecule has 5 nitrogen and oxygen atoms in total. The van der Waals surface area contributed by atoms with Crippen molar-refractivity contribution in [3.63, 3.8) is 0 Å². The van der Waals surface area contributed by atoms with Gasteiger partial charge in [0.15, 0.2) is 0 Å². The van der Waals surface area contributed by atoms with E-state index in [0.717, 1.165) is 11.1 Å². The molecule has 0 aliphatic rings. The van der Waals surface area contributed by atoms with Crippen LogP contribution in [0, 0.1) is 0 Å². The normalized spacial score (nSPS) is 11.1. The Hall–Kier alpha value is -3.90. The molecule has 0 saturated carbocycles. The molecule has 0 saturated heterocycles. The first-order valence-corrected chi connectivity index (χ1v) is 12.4. The van der Waals surface area contributed by atoms with Gasteiger partial charge >= 0.3 is 0 Å². The van der Waals surface area contributed by atoms with Crippen molar-refractivity contribution in [1.82, 2.24) is 4.90 Å². The smallest absolute Gasteiger partial charge is 0.264 e. The summed E-state index contributed by atoms with van der Waals surface area (Å²) in [4.78, 5) is 15.3. The average Bonchev–Trinajstić information content (AvgIpc) is 2.88. The van der Waals surface area contributed by atoms with Crippen molar-refractivity contribution >= 4 is 21.6 Å². The number of sulfonamides is 1. The number of anilines is 1. The largest absolute Gasteiger partial charge is 0.337 e. The molecule has 4 aromatic rings. The van der Waals surface area contributed by atoms with Gasteiger partial charge in [0.05, 0.1) is 22.7 Å². The molecule has 0 unspecified atom stereocenters. The quantitative estimate of drug-likeness (QED) is 0.349. The van der Waals surface area contributed by atoms with E-state index in [2.05, 4.69) is 0 Å². The second-order valence-corrected chi connectivity index (χ2v) is 9.84. The maximum absolute atomic E-state index is 13.8. The monoisotopic (exact) mass is 470 g/mol. The number of nitrogens with zero attached hydrogens (tertiary/aromatic N) is 2. The summed E-state index contributed by atoms with van der Waals surface area (Å²) in [5.74, 6) is -0.249. The number of benzene rings is 4. The molecule has 172 valence electrons. The minimum atomic E-state index is -3.93. The number of rotatable bonds is 8. The van der Waals surface area contributed by atoms with Crippen molar-refractivity contribution in [2.24, 2.45) is 0 Å². The molecular weight excluding hydrogens is 444 g/mol. The lowest BCUT2D eigenvalue weighted by molar-refractivity contribution is 0.0786. The van der Waals surface area contributed by atoms with Gasteiger partial charge in [-0.25, -0.2) is 8.42 Å². The van der Waals surface area contributed by atoms with Crippen LogP contribution in [0.3, 0.4) is 0 Å². The summed E-state index contributed by atoms with van der Waals surface area (Å²) in [5, 5.41) is 0. The topological polar surface area (TPSA) is 57.7 Å². The first-order chi connectivity index (χ1) is 16.5. The Kier molecular flexibility index (Phi) is 7.09. The minimum Gasteiger partial charge on any atom is -0.337 e. The number of amides is 1. The summed E-state index contributed by atoms with van der Waals surface area (Å²) in [7, 11) is -2.21. The second kappa shape index (κ2) is 10.4. The molecule has 6 heteroatoms. The van der Waals surface area contributed by atoms with E-state index in [4.69, 9.17) is 0 Å². The predicted molar refractivity (Wildman–Crippen MR) is 135 cm³/mol. The molecule has 4 rings (SSSR count). The average molecular weight is 471 g/mol. The van der Waals surface area contributed by atoms with E-state index in [1.165, 1.54) is 4.31 Å². The lowest BCUT2D eigenvalue weighted by atomic mass is 10.1. The van der Waals surface area contributed by atoms with Gasteiger partial charge in [-0.2, -0.15) is 0 Å². The maximum atomic E-state index is 13.8. The first-order valence-electron chi connectivity index (χ1n) is 11.0. The number of carbonyl (C=O) groups excluding carboxylic acids is 1. The summed E-state index contributed by atoms with van der Waals surface area (Å²) in [6.45, 7) is 0.517. The summed E-state index contributed by atoms with van der Waals surface area (Å²) in [5.41, 5.74) is 2.49. The van der Waals surface area contributed by atoms with E-state index < -0.39 is 10.0 Å². The summed E-state index contributed by atoms with van der Waals surface area (Å²) < 4.78 is 28.9. The van der Waals surface area contributed by atoms with E-state index in [1.807, 2.05) is 60.7 Å². The third-order valence-electron chi connectivity index (χ3n) is 5.51. The van der Waals surface area contributed by atoms with Crippen LogP contribution < -0.4 is 4.31 Å². The van der Waals surface area contributed by atoms with E-state index in [9.17, 15) is 13.2 Å². The Morgan fingerprint density at radius 2 is 1.12 bits per heavy atom. The van der Waals surface area contributed by atoms with E-state index >= 15 is 0 Å². The van der Waals surface area contributed by atoms with Gasteiger partial charge in [0, 0.05) is 13.6 Å². The summed E-state index contributed by atoms with van der Waals surface area (Å²) in [6, 6.07) is 34.2. The molecule has 0 fully saturated rings. The Labute approximate surface area is 201 Å². The molecule has 0 radical (unpaired) electrons. The summed E-state index contributed by atoms with van der Waals surface area (Å²) >= 11 is 0. The van der Waals surface area contributed by atoms with Crippen LogP contribution in [0.2, 0.25) is 0 Å². The van der Waals surface area contributed by atoms with Crippen molar-refractivity contribution in [2.45, 2.75) is 18.0 Å². The Morgan fingerprint density at radius 1 is 0.647 bits per heavy atom. The van der Waals surface area contributed by atoms with Crippen molar-refractivity contribution in [2.75, 3.05) is 11.4 Å². The fourth-order valence-electron chi connectivity index (χ4n) is 3.78. The van der Waals surface area contributed by atoms with Crippen LogP contribution in [0.1, 0.15) is 21.5 Å². The van der Waals surface area contributed by atoms with Gasteiger partial charge in [0.1, 0.15) is 0 Å². The molecule has 0 N–H and O–H groups in total. The van der Waals surface area contributed by atoms with Gasteiger partial charge in [-0.05, 0) is 35.4 Å². The highest BCUT2D eigenvalue weighted by molar-refractivity contribution is 7.92. The van der Waals surface area contributed by atoms with E-state index in [0.29, 0.717) is 17.8 Å². The zero-order valence-corrected chi connectivity index (χ0v) is 19.7. The second-order valence-electron chi connectivity index (χ2n) is 7.97. The van der Waals surface area contributed by atoms with Crippen molar-refractivity contribution < 1.29 is 13.2 Å². The van der Waals surface area contributed by atoms with Crippen LogP contribution in [-0.4, -0.2) is 26.3 Å². The molecular formula is C28H26N2O3S. The molecule has 0 aliphatic heterocycles. The number of carbonyl (C=O) groups is 1. The van der Waals surface area contributed by atoms with Gasteiger partial charge < -0.3 is 4.90 Å². The lowest BCUT2D eigenvalue weighted by Crippen LogP contribution is -2.34. The van der Waals surface area contributed by atoms with Crippen molar-refractivity contribution in [3.8, 4) is 0 Å². The van der Waals surface area contributed by atoms with Crippen LogP contribution in [0.4, 0.5) is 5.69 Å². The van der Waals surface area contributed by atoms with E-state index in [1.54, 1.807) is 66.5 Å². The predicted octanol–water partition coefficient (Wildman–Crippen LogP) is 5.35. The van der Waals surface area contributed by atoms with Gasteiger partial charge in [-0.1, -0.05) is 91.0 Å². The van der Waals surface area contributed by atoms with Gasteiger partial charge in [-0.3, -0.25) is 9.10 Å². The van der Waals surface area contributed by atoms with Crippen LogP contribution in [0.5, 0.6) is 0 Å². The Balaban J connectivity index is 1.76. The third-order valence-corrected chi connectivity index (χ3v) is 7.29.